The van der Waals surface area contributed by atoms with Crippen LogP contribution in [0.2, 0.25) is 0 Å². The van der Waals surface area contributed by atoms with Gasteiger partial charge in [0.15, 0.2) is 0 Å². The Morgan fingerprint density at radius 2 is 0.667 bits per heavy atom. The quantitative estimate of drug-likeness (QED) is 0.0677. The summed E-state index contributed by atoms with van der Waals surface area (Å²) in [4.78, 5) is 0. The van der Waals surface area contributed by atoms with Gasteiger partial charge in [-0.05, 0) is 122 Å². The molecule has 286 valence electrons. The van der Waals surface area contributed by atoms with E-state index in [2.05, 4.69) is 87.2 Å². The van der Waals surface area contributed by atoms with Crippen LogP contribution in [0.3, 0.4) is 0 Å². The van der Waals surface area contributed by atoms with Gasteiger partial charge >= 0.3 is 0 Å². The standard InChI is InChI=1S/C52H66O2/c1-5-7-9-11-13-15-17-19-21-27-41-53-51-37-33-47(34-38-51)29-23-25-31-49-43-46(4)50(44-45(49)3)32-26-24-30-48-35-39-52(40-36-48)54-42-28-22-20-18-16-14-12-10-8-6-2/h33-40,43-44H,5-22,27-28,41-42H2,1-4H3. The summed E-state index contributed by atoms with van der Waals surface area (Å²) in [5, 5.41) is 0. The van der Waals surface area contributed by atoms with E-state index in [1.165, 1.54) is 116 Å². The van der Waals surface area contributed by atoms with Crippen LogP contribution >= 0.6 is 0 Å². The third kappa shape index (κ3) is 20.1. The van der Waals surface area contributed by atoms with E-state index < -0.39 is 0 Å². The zero-order chi connectivity index (χ0) is 38.3. The van der Waals surface area contributed by atoms with E-state index >= 15 is 0 Å². The molecule has 0 amide bonds. The zero-order valence-electron chi connectivity index (χ0n) is 34.1. The molecule has 0 atom stereocenters. The molecule has 0 aliphatic heterocycles. The van der Waals surface area contributed by atoms with Crippen LogP contribution in [0.1, 0.15) is 176 Å². The van der Waals surface area contributed by atoms with Crippen molar-refractivity contribution in [2.75, 3.05) is 13.2 Å². The first-order valence-electron chi connectivity index (χ1n) is 21.2. The van der Waals surface area contributed by atoms with E-state index in [-0.39, 0.29) is 0 Å². The lowest BCUT2D eigenvalue weighted by molar-refractivity contribution is 0.304. The average molecular weight is 723 g/mol. The Morgan fingerprint density at radius 1 is 0.370 bits per heavy atom. The van der Waals surface area contributed by atoms with Crippen LogP contribution in [0, 0.1) is 61.2 Å². The Labute approximate surface area is 330 Å². The Morgan fingerprint density at radius 3 is 1.00 bits per heavy atom. The molecule has 0 aliphatic carbocycles. The molecule has 0 saturated carbocycles. The van der Waals surface area contributed by atoms with Crippen molar-refractivity contribution in [3.05, 3.63) is 94.0 Å². The van der Waals surface area contributed by atoms with Crippen LogP contribution in [0.25, 0.3) is 0 Å². The molecule has 3 aromatic rings. The fourth-order valence-corrected chi connectivity index (χ4v) is 6.32. The van der Waals surface area contributed by atoms with E-state index in [4.69, 9.17) is 9.47 Å². The lowest BCUT2D eigenvalue weighted by Crippen LogP contribution is -1.97. The highest BCUT2D eigenvalue weighted by Crippen LogP contribution is 2.17. The normalized spacial score (nSPS) is 10.1. The Hall–Kier alpha value is -4.50. The molecule has 2 nitrogen and oxygen atoms in total. The third-order valence-electron chi connectivity index (χ3n) is 9.75. The highest BCUT2D eigenvalue weighted by Gasteiger charge is 2.01. The van der Waals surface area contributed by atoms with E-state index in [1.54, 1.807) is 0 Å². The highest BCUT2D eigenvalue weighted by atomic mass is 16.5. The average Bonchev–Trinajstić information content (AvgIpc) is 3.18. The monoisotopic (exact) mass is 723 g/mol. The number of unbranched alkanes of at least 4 members (excludes halogenated alkanes) is 18. The SMILES string of the molecule is CCCCCCCCCCCCOc1ccc(C#CC#Cc2cc(C)c(C#CC#Cc3ccc(OCCCCCCCCCCCC)cc3)cc2C)cc1. The molecular weight excluding hydrogens is 657 g/mol. The minimum Gasteiger partial charge on any atom is -0.494 e. The summed E-state index contributed by atoms with van der Waals surface area (Å²) < 4.78 is 11.9. The summed E-state index contributed by atoms with van der Waals surface area (Å²) in [6, 6.07) is 20.1. The molecule has 0 spiro atoms. The second-order valence-corrected chi connectivity index (χ2v) is 14.6. The first-order chi connectivity index (χ1) is 26.6. The van der Waals surface area contributed by atoms with Gasteiger partial charge in [0, 0.05) is 22.3 Å². The van der Waals surface area contributed by atoms with Gasteiger partial charge in [-0.15, -0.1) is 0 Å². The van der Waals surface area contributed by atoms with Gasteiger partial charge < -0.3 is 9.47 Å². The van der Waals surface area contributed by atoms with Crippen LogP contribution in [0.5, 0.6) is 11.5 Å². The van der Waals surface area contributed by atoms with Crippen LogP contribution in [0.4, 0.5) is 0 Å². The van der Waals surface area contributed by atoms with Gasteiger partial charge in [0.1, 0.15) is 11.5 Å². The summed E-state index contributed by atoms with van der Waals surface area (Å²) in [7, 11) is 0. The Kier molecular flexibility index (Phi) is 23.5. The van der Waals surface area contributed by atoms with Gasteiger partial charge in [-0.25, -0.2) is 0 Å². The second-order valence-electron chi connectivity index (χ2n) is 14.6. The number of benzene rings is 3. The highest BCUT2D eigenvalue weighted by molar-refractivity contribution is 5.55. The number of hydrogen-bond donors (Lipinski definition) is 0. The maximum atomic E-state index is 5.94. The Bertz CT molecular complexity index is 1580. The van der Waals surface area contributed by atoms with E-state index in [1.807, 2.05) is 48.5 Å². The van der Waals surface area contributed by atoms with E-state index in [0.717, 1.165) is 70.9 Å². The first-order valence-corrected chi connectivity index (χ1v) is 21.2. The molecule has 3 aromatic carbocycles. The smallest absolute Gasteiger partial charge is 0.119 e. The molecule has 54 heavy (non-hydrogen) atoms. The minimum atomic E-state index is 0.772. The van der Waals surface area contributed by atoms with E-state index in [0.29, 0.717) is 0 Å². The van der Waals surface area contributed by atoms with Crippen molar-refractivity contribution in [1.82, 2.24) is 0 Å². The van der Waals surface area contributed by atoms with Crippen LogP contribution < -0.4 is 9.47 Å². The van der Waals surface area contributed by atoms with E-state index in [9.17, 15) is 0 Å². The topological polar surface area (TPSA) is 18.5 Å². The molecule has 0 heterocycles. The van der Waals surface area contributed by atoms with Gasteiger partial charge in [-0.1, -0.05) is 153 Å². The molecule has 0 bridgehead atoms. The molecule has 3 rings (SSSR count). The molecule has 0 unspecified atom stereocenters. The van der Waals surface area contributed by atoms with Crippen molar-refractivity contribution in [1.29, 1.82) is 0 Å². The molecule has 0 N–H and O–H groups in total. The maximum Gasteiger partial charge on any atom is 0.119 e. The number of hydrogen-bond acceptors (Lipinski definition) is 2. The molecule has 0 saturated heterocycles. The third-order valence-corrected chi connectivity index (χ3v) is 9.75. The van der Waals surface area contributed by atoms with Gasteiger partial charge in [-0.2, -0.15) is 0 Å². The van der Waals surface area contributed by atoms with Crippen LogP contribution in [-0.4, -0.2) is 13.2 Å². The first kappa shape index (κ1) is 43.9. The van der Waals surface area contributed by atoms with Gasteiger partial charge in [0.2, 0.25) is 0 Å². The lowest BCUT2D eigenvalue weighted by atomic mass is 10.0. The van der Waals surface area contributed by atoms with Gasteiger partial charge in [-0.3, -0.25) is 0 Å². The van der Waals surface area contributed by atoms with Crippen molar-refractivity contribution in [2.45, 2.75) is 156 Å². The Balaban J connectivity index is 1.35. The number of ether oxygens (including phenoxy) is 2. The maximum absolute atomic E-state index is 5.94. The number of rotatable bonds is 24. The fraction of sp³-hybridized carbons (Fsp3) is 0.500. The molecule has 0 aliphatic rings. The van der Waals surface area contributed by atoms with Crippen LogP contribution in [-0.2, 0) is 0 Å². The number of aryl methyl sites for hydroxylation is 2. The molecule has 0 fully saturated rings. The van der Waals surface area contributed by atoms with Crippen molar-refractivity contribution in [3.8, 4) is 58.9 Å². The zero-order valence-corrected chi connectivity index (χ0v) is 34.1. The second kappa shape index (κ2) is 28.9. The van der Waals surface area contributed by atoms with Crippen molar-refractivity contribution in [2.24, 2.45) is 0 Å². The molecular formula is C52H66O2. The summed E-state index contributed by atoms with van der Waals surface area (Å²) in [6.45, 7) is 10.2. The van der Waals surface area contributed by atoms with Crippen molar-refractivity contribution < 1.29 is 9.47 Å². The molecule has 2 heteroatoms. The summed E-state index contributed by atoms with van der Waals surface area (Å²) in [5.74, 6) is 26.6. The summed E-state index contributed by atoms with van der Waals surface area (Å²) in [6.07, 6.45) is 26.6. The van der Waals surface area contributed by atoms with Crippen molar-refractivity contribution >= 4 is 0 Å². The van der Waals surface area contributed by atoms with Gasteiger partial charge in [0.05, 0.1) is 13.2 Å². The van der Waals surface area contributed by atoms with Crippen molar-refractivity contribution in [3.63, 3.8) is 0 Å². The van der Waals surface area contributed by atoms with Gasteiger partial charge in [0.25, 0.3) is 0 Å². The molecule has 0 aromatic heterocycles. The predicted octanol–water partition coefficient (Wildman–Crippen LogP) is 13.7. The summed E-state index contributed by atoms with van der Waals surface area (Å²) in [5.41, 5.74) is 5.93. The van der Waals surface area contributed by atoms with Crippen LogP contribution in [0.15, 0.2) is 60.7 Å². The minimum absolute atomic E-state index is 0.772. The fourth-order valence-electron chi connectivity index (χ4n) is 6.32. The lowest BCUT2D eigenvalue weighted by Gasteiger charge is -2.06. The largest absolute Gasteiger partial charge is 0.494 e. The predicted molar refractivity (Wildman–Crippen MR) is 231 cm³/mol. The molecule has 0 radical (unpaired) electrons. The summed E-state index contributed by atoms with van der Waals surface area (Å²) >= 11 is 0.